The zero-order chi connectivity index (χ0) is 19.4. The number of carbonyl (C=O) groups excluding carboxylic acids is 2. The summed E-state index contributed by atoms with van der Waals surface area (Å²) in [4.78, 5) is 25.8. The lowest BCUT2D eigenvalue weighted by atomic mass is 9.63. The van der Waals surface area contributed by atoms with E-state index in [1.54, 1.807) is 6.21 Å². The number of rotatable bonds is 3. The summed E-state index contributed by atoms with van der Waals surface area (Å²) >= 11 is 0. The average molecular weight is 373 g/mol. The lowest BCUT2D eigenvalue weighted by molar-refractivity contribution is -0.140. The summed E-state index contributed by atoms with van der Waals surface area (Å²) < 4.78 is 2.15. The fourth-order valence-corrected chi connectivity index (χ4v) is 5.18. The van der Waals surface area contributed by atoms with Crippen LogP contribution >= 0.6 is 0 Å². The van der Waals surface area contributed by atoms with Crippen molar-refractivity contribution in [1.29, 1.82) is 0 Å². The molecule has 4 atom stereocenters. The van der Waals surface area contributed by atoms with E-state index in [4.69, 9.17) is 0 Å². The molecule has 5 heteroatoms. The molecule has 0 radical (unpaired) electrons. The molecule has 5 nitrogen and oxygen atoms in total. The molecule has 0 spiro atoms. The normalized spacial score (nSPS) is 28.6. The maximum absolute atomic E-state index is 12.9. The summed E-state index contributed by atoms with van der Waals surface area (Å²) in [6.45, 7) is 4.07. The highest BCUT2D eigenvalue weighted by Crippen LogP contribution is 2.49. The Hall–Kier alpha value is -2.95. The van der Waals surface area contributed by atoms with Gasteiger partial charge in [-0.2, -0.15) is 10.1 Å². The monoisotopic (exact) mass is 373 g/mol. The second-order valence-corrected chi connectivity index (χ2v) is 8.07. The molecule has 4 aliphatic rings. The maximum atomic E-state index is 12.9. The summed E-state index contributed by atoms with van der Waals surface area (Å²) in [5.74, 6) is -0.329. The van der Waals surface area contributed by atoms with Gasteiger partial charge in [0.2, 0.25) is 0 Å². The van der Waals surface area contributed by atoms with E-state index >= 15 is 0 Å². The van der Waals surface area contributed by atoms with Gasteiger partial charge in [-0.15, -0.1) is 0 Å². The van der Waals surface area contributed by atoms with Crippen molar-refractivity contribution >= 4 is 18.0 Å². The van der Waals surface area contributed by atoms with Crippen molar-refractivity contribution in [3.8, 4) is 5.69 Å². The Morgan fingerprint density at radius 2 is 1.57 bits per heavy atom. The number of allylic oxidation sites excluding steroid dienone is 2. The highest BCUT2D eigenvalue weighted by molar-refractivity contribution is 6.06. The van der Waals surface area contributed by atoms with Crippen LogP contribution in [0.3, 0.4) is 0 Å². The van der Waals surface area contributed by atoms with Crippen LogP contribution in [0.15, 0.2) is 53.7 Å². The predicted octanol–water partition coefficient (Wildman–Crippen LogP) is 3.63. The quantitative estimate of drug-likeness (QED) is 0.469. The molecule has 2 bridgehead atoms. The molecule has 1 aromatic carbocycles. The molecule has 142 valence electrons. The lowest BCUT2D eigenvalue weighted by Crippen LogP contribution is -2.38. The number of nitrogens with zero attached hydrogens (tertiary/aromatic N) is 3. The van der Waals surface area contributed by atoms with Crippen molar-refractivity contribution in [2.24, 2.45) is 28.8 Å². The molecule has 2 amide bonds. The summed E-state index contributed by atoms with van der Waals surface area (Å²) in [6.07, 6.45) is 7.90. The van der Waals surface area contributed by atoms with Crippen LogP contribution in [0.1, 0.15) is 29.8 Å². The topological polar surface area (TPSA) is 54.7 Å². The predicted molar refractivity (Wildman–Crippen MR) is 107 cm³/mol. The number of fused-ring (bicyclic) bond motifs is 1. The van der Waals surface area contributed by atoms with Crippen molar-refractivity contribution in [3.05, 3.63) is 65.5 Å². The zero-order valence-corrected chi connectivity index (χ0v) is 16.1. The number of para-hydroxylation sites is 1. The van der Waals surface area contributed by atoms with Crippen LogP contribution in [0.2, 0.25) is 0 Å². The van der Waals surface area contributed by atoms with Crippen LogP contribution in [0, 0.1) is 37.5 Å². The number of hydrogen-bond acceptors (Lipinski definition) is 3. The van der Waals surface area contributed by atoms with Gasteiger partial charge in [-0.25, -0.2) is 0 Å². The van der Waals surface area contributed by atoms with E-state index < -0.39 is 0 Å². The van der Waals surface area contributed by atoms with E-state index in [1.807, 2.05) is 38.1 Å². The summed E-state index contributed by atoms with van der Waals surface area (Å²) in [5.41, 5.74) is 4.11. The zero-order valence-electron chi connectivity index (χ0n) is 16.1. The number of aryl methyl sites for hydroxylation is 1. The smallest absolute Gasteiger partial charge is 0.254 e. The van der Waals surface area contributed by atoms with Crippen molar-refractivity contribution in [1.82, 2.24) is 9.58 Å². The van der Waals surface area contributed by atoms with Crippen molar-refractivity contribution in [2.45, 2.75) is 26.7 Å². The van der Waals surface area contributed by atoms with Gasteiger partial charge in [0.05, 0.1) is 18.1 Å². The first kappa shape index (κ1) is 17.2. The molecule has 28 heavy (non-hydrogen) atoms. The van der Waals surface area contributed by atoms with Crippen LogP contribution in [0.4, 0.5) is 0 Å². The molecule has 0 N–H and O–H groups in total. The molecular weight excluding hydrogens is 350 g/mol. The summed E-state index contributed by atoms with van der Waals surface area (Å²) in [5, 5.41) is 5.48. The Labute approximate surface area is 164 Å². The molecule has 1 saturated heterocycles. The molecule has 1 aliphatic heterocycles. The molecule has 6 rings (SSSR count). The van der Waals surface area contributed by atoms with Gasteiger partial charge in [0.25, 0.3) is 11.8 Å². The SMILES string of the molecule is Cc1cc(/C=N\N2C(=O)[C@H]3[C@H](C2=O)[C@H]2C=C[C@H]3CC2)c(C)n1-c1ccccc1. The summed E-state index contributed by atoms with van der Waals surface area (Å²) in [6, 6.07) is 12.2. The minimum absolute atomic E-state index is 0.137. The van der Waals surface area contributed by atoms with Crippen LogP contribution in [-0.2, 0) is 9.59 Å². The van der Waals surface area contributed by atoms with Crippen LogP contribution in [-0.4, -0.2) is 27.6 Å². The number of benzene rings is 1. The molecule has 2 aromatic rings. The average Bonchev–Trinajstić information content (AvgIpc) is 3.16. The molecule has 3 aliphatic carbocycles. The van der Waals surface area contributed by atoms with Gasteiger partial charge < -0.3 is 4.57 Å². The molecule has 0 unspecified atom stereocenters. The maximum Gasteiger partial charge on any atom is 0.254 e. The van der Waals surface area contributed by atoms with Gasteiger partial charge >= 0.3 is 0 Å². The van der Waals surface area contributed by atoms with Gasteiger partial charge in [-0.3, -0.25) is 9.59 Å². The third-order valence-corrected chi connectivity index (χ3v) is 6.53. The van der Waals surface area contributed by atoms with E-state index in [9.17, 15) is 9.59 Å². The Bertz CT molecular complexity index is 986. The molecule has 1 aromatic heterocycles. The third kappa shape index (κ3) is 2.42. The number of hydrogen-bond donors (Lipinski definition) is 0. The minimum Gasteiger partial charge on any atom is -0.318 e. The van der Waals surface area contributed by atoms with Gasteiger partial charge in [-0.1, -0.05) is 30.4 Å². The first-order valence-corrected chi connectivity index (χ1v) is 9.91. The first-order chi connectivity index (χ1) is 13.6. The van der Waals surface area contributed by atoms with Gasteiger partial charge in [0.15, 0.2) is 0 Å². The number of aromatic nitrogens is 1. The van der Waals surface area contributed by atoms with E-state index in [1.165, 1.54) is 0 Å². The molecule has 2 heterocycles. The highest BCUT2D eigenvalue weighted by Gasteiger charge is 2.56. The Kier molecular flexibility index (Phi) is 3.86. The molecule has 2 fully saturated rings. The van der Waals surface area contributed by atoms with Gasteiger partial charge in [0, 0.05) is 22.6 Å². The van der Waals surface area contributed by atoms with E-state index in [0.29, 0.717) is 0 Å². The second kappa shape index (κ2) is 6.30. The van der Waals surface area contributed by atoms with Crippen LogP contribution in [0.5, 0.6) is 0 Å². The Morgan fingerprint density at radius 3 is 2.14 bits per heavy atom. The first-order valence-electron chi connectivity index (χ1n) is 9.91. The van der Waals surface area contributed by atoms with Gasteiger partial charge in [0.1, 0.15) is 0 Å². The van der Waals surface area contributed by atoms with Crippen molar-refractivity contribution in [3.63, 3.8) is 0 Å². The second-order valence-electron chi connectivity index (χ2n) is 8.07. The fraction of sp³-hybridized carbons (Fsp3) is 0.348. The standard InChI is InChI=1S/C23H23N3O2/c1-14-12-18(15(2)25(14)19-6-4-3-5-7-19)13-24-26-22(27)20-16-8-9-17(11-10-16)21(20)23(26)28/h3-9,12-13,16-17,20-21H,10-11H2,1-2H3/b24-13-/t16-,17-,20+,21+/m0/s1. The highest BCUT2D eigenvalue weighted by atomic mass is 16.2. The van der Waals surface area contributed by atoms with E-state index in [0.717, 1.165) is 40.5 Å². The lowest BCUT2D eigenvalue weighted by Gasteiger charge is -2.37. The minimum atomic E-state index is -0.217. The molecule has 1 saturated carbocycles. The Balaban J connectivity index is 1.45. The molecular formula is C23H23N3O2. The number of imide groups is 1. The summed E-state index contributed by atoms with van der Waals surface area (Å²) in [7, 11) is 0. The number of amides is 2. The van der Waals surface area contributed by atoms with Crippen LogP contribution < -0.4 is 0 Å². The van der Waals surface area contributed by atoms with Crippen LogP contribution in [0.25, 0.3) is 5.69 Å². The van der Waals surface area contributed by atoms with Crippen molar-refractivity contribution < 1.29 is 9.59 Å². The Morgan fingerprint density at radius 1 is 0.964 bits per heavy atom. The number of carbonyl (C=O) groups is 2. The van der Waals surface area contributed by atoms with Crippen molar-refractivity contribution in [2.75, 3.05) is 0 Å². The third-order valence-electron chi connectivity index (χ3n) is 6.53. The fourth-order valence-electron chi connectivity index (χ4n) is 5.18. The van der Waals surface area contributed by atoms with E-state index in [2.05, 4.69) is 34.0 Å². The van der Waals surface area contributed by atoms with E-state index in [-0.39, 0.29) is 35.5 Å². The van der Waals surface area contributed by atoms with Gasteiger partial charge in [-0.05, 0) is 56.7 Å². The largest absolute Gasteiger partial charge is 0.318 e. The number of hydrazone groups is 1.